The quantitative estimate of drug-likeness (QED) is 0.804. The summed E-state index contributed by atoms with van der Waals surface area (Å²) in [5.41, 5.74) is 6.64. The minimum absolute atomic E-state index is 0.0891. The Balaban J connectivity index is 2.85. The van der Waals surface area contributed by atoms with Crippen molar-refractivity contribution in [3.05, 3.63) is 35.9 Å². The molecular formula is C12H18N2O. The van der Waals surface area contributed by atoms with Crippen molar-refractivity contribution >= 4 is 5.91 Å². The van der Waals surface area contributed by atoms with E-state index in [0.717, 1.165) is 5.56 Å². The van der Waals surface area contributed by atoms with Gasteiger partial charge in [0.1, 0.15) is 0 Å². The highest BCUT2D eigenvalue weighted by atomic mass is 16.2. The van der Waals surface area contributed by atoms with E-state index in [-0.39, 0.29) is 11.8 Å². The summed E-state index contributed by atoms with van der Waals surface area (Å²) >= 11 is 0. The molecule has 1 atom stereocenters. The van der Waals surface area contributed by atoms with Crippen LogP contribution < -0.4 is 5.73 Å². The van der Waals surface area contributed by atoms with Crippen LogP contribution in [0, 0.1) is 0 Å². The van der Waals surface area contributed by atoms with Crippen LogP contribution in [0.5, 0.6) is 0 Å². The van der Waals surface area contributed by atoms with E-state index in [9.17, 15) is 4.79 Å². The lowest BCUT2D eigenvalue weighted by atomic mass is 9.98. The number of hydrogen-bond acceptors (Lipinski definition) is 2. The fourth-order valence-corrected chi connectivity index (χ4v) is 1.49. The molecule has 0 aliphatic heterocycles. The molecule has 1 unspecified atom stereocenters. The average Bonchev–Trinajstić information content (AvgIpc) is 2.30. The number of hydrogen-bond donors (Lipinski definition) is 1. The Hall–Kier alpha value is -1.35. The van der Waals surface area contributed by atoms with Crippen molar-refractivity contribution in [2.24, 2.45) is 5.73 Å². The van der Waals surface area contributed by atoms with Gasteiger partial charge in [0, 0.05) is 20.1 Å². The first-order chi connectivity index (χ1) is 7.20. The van der Waals surface area contributed by atoms with Gasteiger partial charge in [0.25, 0.3) is 0 Å². The molecule has 0 heterocycles. The number of amides is 1. The van der Waals surface area contributed by atoms with E-state index in [0.29, 0.717) is 13.1 Å². The van der Waals surface area contributed by atoms with Crippen LogP contribution in [0.3, 0.4) is 0 Å². The third-order valence-electron chi connectivity index (χ3n) is 2.59. The van der Waals surface area contributed by atoms with Gasteiger partial charge in [-0.05, 0) is 12.5 Å². The van der Waals surface area contributed by atoms with Crippen molar-refractivity contribution in [2.75, 3.05) is 20.1 Å². The maximum Gasteiger partial charge on any atom is 0.231 e. The first-order valence-electron chi connectivity index (χ1n) is 5.20. The molecule has 1 rings (SSSR count). The zero-order valence-corrected chi connectivity index (χ0v) is 9.31. The maximum atomic E-state index is 12.0. The van der Waals surface area contributed by atoms with Crippen LogP contribution in [-0.4, -0.2) is 30.9 Å². The lowest BCUT2D eigenvalue weighted by molar-refractivity contribution is -0.131. The fourth-order valence-electron chi connectivity index (χ4n) is 1.49. The normalized spacial score (nSPS) is 12.2. The van der Waals surface area contributed by atoms with Crippen molar-refractivity contribution in [2.45, 2.75) is 12.8 Å². The maximum absolute atomic E-state index is 12.0. The lowest BCUT2D eigenvalue weighted by Crippen LogP contribution is -2.35. The van der Waals surface area contributed by atoms with Gasteiger partial charge in [-0.3, -0.25) is 4.79 Å². The second-order valence-corrected chi connectivity index (χ2v) is 3.55. The summed E-state index contributed by atoms with van der Waals surface area (Å²) in [5.74, 6) is -0.123. The second kappa shape index (κ2) is 5.51. The molecule has 0 saturated carbocycles. The molecule has 0 radical (unpaired) electrons. The predicted molar refractivity (Wildman–Crippen MR) is 61.5 cm³/mol. The molecule has 3 heteroatoms. The largest absolute Gasteiger partial charge is 0.345 e. The third-order valence-corrected chi connectivity index (χ3v) is 2.59. The number of likely N-dealkylation sites (N-methyl/N-ethyl adjacent to an activating group) is 1. The molecule has 0 aromatic heterocycles. The standard InChI is InChI=1S/C12H18N2O/c1-3-14(2)12(15)11(9-13)10-7-5-4-6-8-10/h4-8,11H,3,9,13H2,1-2H3. The lowest BCUT2D eigenvalue weighted by Gasteiger charge is -2.21. The van der Waals surface area contributed by atoms with Crippen LogP contribution in [0.4, 0.5) is 0 Å². The van der Waals surface area contributed by atoms with E-state index in [2.05, 4.69) is 0 Å². The molecule has 82 valence electrons. The summed E-state index contributed by atoms with van der Waals surface area (Å²) in [5, 5.41) is 0. The Kier molecular flexibility index (Phi) is 4.31. The van der Waals surface area contributed by atoms with Crippen molar-refractivity contribution in [3.63, 3.8) is 0 Å². The molecule has 1 amide bonds. The number of rotatable bonds is 4. The van der Waals surface area contributed by atoms with Gasteiger partial charge < -0.3 is 10.6 Å². The van der Waals surface area contributed by atoms with Gasteiger partial charge in [-0.25, -0.2) is 0 Å². The third kappa shape index (κ3) is 2.80. The Labute approximate surface area is 90.9 Å². The number of benzene rings is 1. The first kappa shape index (κ1) is 11.7. The minimum atomic E-state index is -0.212. The molecular weight excluding hydrogens is 188 g/mol. The number of nitrogens with zero attached hydrogens (tertiary/aromatic N) is 1. The zero-order chi connectivity index (χ0) is 11.3. The van der Waals surface area contributed by atoms with Gasteiger partial charge in [-0.15, -0.1) is 0 Å². The topological polar surface area (TPSA) is 46.3 Å². The summed E-state index contributed by atoms with van der Waals surface area (Å²) in [6.45, 7) is 3.02. The number of carbonyl (C=O) groups excluding carboxylic acids is 1. The zero-order valence-electron chi connectivity index (χ0n) is 9.31. The first-order valence-corrected chi connectivity index (χ1v) is 5.20. The van der Waals surface area contributed by atoms with Gasteiger partial charge in [-0.1, -0.05) is 30.3 Å². The molecule has 1 aromatic rings. The Morgan fingerprint density at radius 1 is 1.40 bits per heavy atom. The molecule has 0 fully saturated rings. The second-order valence-electron chi connectivity index (χ2n) is 3.55. The molecule has 0 bridgehead atoms. The molecule has 0 saturated heterocycles. The Morgan fingerprint density at radius 3 is 2.47 bits per heavy atom. The van der Waals surface area contributed by atoms with Gasteiger partial charge >= 0.3 is 0 Å². The van der Waals surface area contributed by atoms with E-state index < -0.39 is 0 Å². The van der Waals surface area contributed by atoms with E-state index in [1.165, 1.54) is 0 Å². The smallest absolute Gasteiger partial charge is 0.231 e. The van der Waals surface area contributed by atoms with Gasteiger partial charge in [0.05, 0.1) is 5.92 Å². The van der Waals surface area contributed by atoms with Crippen molar-refractivity contribution in [3.8, 4) is 0 Å². The van der Waals surface area contributed by atoms with Crippen LogP contribution in [0.2, 0.25) is 0 Å². The van der Waals surface area contributed by atoms with E-state index in [1.807, 2.05) is 37.3 Å². The molecule has 15 heavy (non-hydrogen) atoms. The van der Waals surface area contributed by atoms with Crippen molar-refractivity contribution < 1.29 is 4.79 Å². The highest BCUT2D eigenvalue weighted by Crippen LogP contribution is 2.16. The molecule has 2 N–H and O–H groups in total. The number of nitrogens with two attached hydrogens (primary N) is 1. The summed E-state index contributed by atoms with van der Waals surface area (Å²) in [7, 11) is 1.80. The van der Waals surface area contributed by atoms with Crippen LogP contribution in [0.15, 0.2) is 30.3 Å². The van der Waals surface area contributed by atoms with E-state index in [1.54, 1.807) is 11.9 Å². The van der Waals surface area contributed by atoms with Crippen molar-refractivity contribution in [1.29, 1.82) is 0 Å². The molecule has 0 spiro atoms. The van der Waals surface area contributed by atoms with Gasteiger partial charge in [-0.2, -0.15) is 0 Å². The molecule has 1 aromatic carbocycles. The van der Waals surface area contributed by atoms with Crippen LogP contribution in [-0.2, 0) is 4.79 Å². The van der Waals surface area contributed by atoms with Crippen LogP contribution in [0.25, 0.3) is 0 Å². The number of carbonyl (C=O) groups is 1. The monoisotopic (exact) mass is 206 g/mol. The SMILES string of the molecule is CCN(C)C(=O)C(CN)c1ccccc1. The summed E-state index contributed by atoms with van der Waals surface area (Å²) < 4.78 is 0. The van der Waals surface area contributed by atoms with Gasteiger partial charge in [0.15, 0.2) is 0 Å². The summed E-state index contributed by atoms with van der Waals surface area (Å²) in [6, 6.07) is 9.68. The van der Waals surface area contributed by atoms with E-state index >= 15 is 0 Å². The van der Waals surface area contributed by atoms with Crippen LogP contribution >= 0.6 is 0 Å². The van der Waals surface area contributed by atoms with Gasteiger partial charge in [0.2, 0.25) is 5.91 Å². The highest BCUT2D eigenvalue weighted by Gasteiger charge is 2.21. The predicted octanol–water partition coefficient (Wildman–Crippen LogP) is 1.21. The van der Waals surface area contributed by atoms with Crippen LogP contribution in [0.1, 0.15) is 18.4 Å². The highest BCUT2D eigenvalue weighted by molar-refractivity contribution is 5.83. The molecule has 0 aliphatic carbocycles. The summed E-state index contributed by atoms with van der Waals surface area (Å²) in [6.07, 6.45) is 0. The average molecular weight is 206 g/mol. The Bertz CT molecular complexity index is 311. The fraction of sp³-hybridized carbons (Fsp3) is 0.417. The van der Waals surface area contributed by atoms with E-state index in [4.69, 9.17) is 5.73 Å². The summed E-state index contributed by atoms with van der Waals surface area (Å²) in [4.78, 5) is 13.7. The molecule has 0 aliphatic rings. The molecule has 3 nitrogen and oxygen atoms in total. The minimum Gasteiger partial charge on any atom is -0.345 e. The Morgan fingerprint density at radius 2 is 2.00 bits per heavy atom. The van der Waals surface area contributed by atoms with Crippen molar-refractivity contribution in [1.82, 2.24) is 4.90 Å².